The standard InChI is InChI=1S/C10H16N2O4.H2O/c1-7(13)11(8(2)14)5-6-12(9(3)15)10(4)16;/h5-6H2,1-4H3;1H2. The van der Waals surface area contributed by atoms with Crippen LogP contribution in [0.1, 0.15) is 27.7 Å². The summed E-state index contributed by atoms with van der Waals surface area (Å²) in [6.45, 7) is 5.09. The molecule has 0 bridgehead atoms. The highest BCUT2D eigenvalue weighted by molar-refractivity contribution is 5.94. The fourth-order valence-corrected chi connectivity index (χ4v) is 1.27. The third-order valence-electron chi connectivity index (χ3n) is 2.07. The molecule has 0 unspecified atom stereocenters. The highest BCUT2D eigenvalue weighted by Crippen LogP contribution is 1.96. The highest BCUT2D eigenvalue weighted by atomic mass is 16.2. The molecule has 0 rings (SSSR count). The van der Waals surface area contributed by atoms with Gasteiger partial charge in [0.05, 0.1) is 0 Å². The van der Waals surface area contributed by atoms with Gasteiger partial charge in [-0.3, -0.25) is 29.0 Å². The molecule has 0 saturated carbocycles. The zero-order valence-corrected chi connectivity index (χ0v) is 10.4. The molecule has 0 radical (unpaired) electrons. The lowest BCUT2D eigenvalue weighted by atomic mass is 10.4. The quantitative estimate of drug-likeness (QED) is 0.633. The van der Waals surface area contributed by atoms with Crippen LogP contribution in [0.25, 0.3) is 0 Å². The van der Waals surface area contributed by atoms with Crippen LogP contribution in [0.5, 0.6) is 0 Å². The van der Waals surface area contributed by atoms with E-state index in [1.165, 1.54) is 27.7 Å². The van der Waals surface area contributed by atoms with E-state index in [0.717, 1.165) is 9.80 Å². The number of rotatable bonds is 3. The van der Waals surface area contributed by atoms with Crippen LogP contribution in [0.3, 0.4) is 0 Å². The van der Waals surface area contributed by atoms with E-state index >= 15 is 0 Å². The zero-order valence-electron chi connectivity index (χ0n) is 10.4. The van der Waals surface area contributed by atoms with Crippen molar-refractivity contribution >= 4 is 23.6 Å². The first-order valence-corrected chi connectivity index (χ1v) is 4.84. The van der Waals surface area contributed by atoms with Crippen LogP contribution < -0.4 is 0 Å². The van der Waals surface area contributed by atoms with Gasteiger partial charge in [-0.15, -0.1) is 0 Å². The first-order valence-electron chi connectivity index (χ1n) is 4.84. The van der Waals surface area contributed by atoms with Gasteiger partial charge in [-0.25, -0.2) is 0 Å². The van der Waals surface area contributed by atoms with Crippen LogP contribution in [0.4, 0.5) is 0 Å². The topological polar surface area (TPSA) is 106 Å². The molecule has 2 N–H and O–H groups in total. The van der Waals surface area contributed by atoms with Gasteiger partial charge in [0.25, 0.3) is 0 Å². The molecule has 0 aromatic carbocycles. The van der Waals surface area contributed by atoms with Gasteiger partial charge >= 0.3 is 0 Å². The maximum atomic E-state index is 11.1. The van der Waals surface area contributed by atoms with Gasteiger partial charge in [0, 0.05) is 40.8 Å². The summed E-state index contributed by atoms with van der Waals surface area (Å²) in [6.07, 6.45) is 0. The Labute approximate surface area is 99.7 Å². The molecule has 0 spiro atoms. The summed E-state index contributed by atoms with van der Waals surface area (Å²) in [5.74, 6) is -1.61. The molecule has 7 nitrogen and oxygen atoms in total. The summed E-state index contributed by atoms with van der Waals surface area (Å²) in [7, 11) is 0. The zero-order chi connectivity index (χ0) is 12.9. The molecule has 0 atom stereocenters. The maximum Gasteiger partial charge on any atom is 0.226 e. The monoisotopic (exact) mass is 246 g/mol. The average molecular weight is 246 g/mol. The van der Waals surface area contributed by atoms with Crippen molar-refractivity contribution in [2.24, 2.45) is 0 Å². The Morgan fingerprint density at radius 3 is 0.941 bits per heavy atom. The molecule has 4 amide bonds. The first-order chi connectivity index (χ1) is 7.27. The molecule has 0 aliphatic rings. The third kappa shape index (κ3) is 5.76. The number of nitrogens with zero attached hydrogens (tertiary/aromatic N) is 2. The van der Waals surface area contributed by atoms with Gasteiger partial charge in [-0.1, -0.05) is 0 Å². The molecular weight excluding hydrogens is 228 g/mol. The molecule has 0 heterocycles. The lowest BCUT2D eigenvalue weighted by Crippen LogP contribution is -2.43. The Bertz CT molecular complexity index is 267. The molecular formula is C10H18N2O5. The second-order valence-corrected chi connectivity index (χ2v) is 3.38. The van der Waals surface area contributed by atoms with Gasteiger partial charge in [0.2, 0.25) is 23.6 Å². The number of amides is 4. The van der Waals surface area contributed by atoms with Gasteiger partial charge < -0.3 is 5.48 Å². The van der Waals surface area contributed by atoms with Crippen molar-refractivity contribution in [2.75, 3.05) is 13.1 Å². The Morgan fingerprint density at radius 2 is 0.824 bits per heavy atom. The normalized spacial score (nSPS) is 8.94. The predicted octanol–water partition coefficient (Wildman–Crippen LogP) is -1.05. The predicted molar refractivity (Wildman–Crippen MR) is 59.7 cm³/mol. The largest absolute Gasteiger partial charge is 0.412 e. The van der Waals surface area contributed by atoms with Gasteiger partial charge in [-0.05, 0) is 0 Å². The maximum absolute atomic E-state index is 11.1. The minimum atomic E-state index is -0.403. The lowest BCUT2D eigenvalue weighted by Gasteiger charge is -2.22. The molecule has 0 aromatic rings. The fourth-order valence-electron chi connectivity index (χ4n) is 1.27. The van der Waals surface area contributed by atoms with Crippen LogP contribution in [0.2, 0.25) is 0 Å². The third-order valence-corrected chi connectivity index (χ3v) is 2.07. The lowest BCUT2D eigenvalue weighted by molar-refractivity contribution is -0.147. The number of carbonyl (C=O) groups is 4. The summed E-state index contributed by atoms with van der Waals surface area (Å²) in [5.41, 5.74) is 0. The van der Waals surface area contributed by atoms with Crippen molar-refractivity contribution in [3.63, 3.8) is 0 Å². The smallest absolute Gasteiger partial charge is 0.226 e. The van der Waals surface area contributed by atoms with E-state index in [9.17, 15) is 19.2 Å². The molecule has 17 heavy (non-hydrogen) atoms. The summed E-state index contributed by atoms with van der Waals surface area (Å²) in [4.78, 5) is 46.2. The summed E-state index contributed by atoms with van der Waals surface area (Å²) >= 11 is 0. The van der Waals surface area contributed by atoms with Crippen LogP contribution in [0, 0.1) is 0 Å². The number of hydrogen-bond acceptors (Lipinski definition) is 4. The first kappa shape index (κ1) is 17.6. The van der Waals surface area contributed by atoms with Crippen molar-refractivity contribution in [3.05, 3.63) is 0 Å². The number of imide groups is 2. The van der Waals surface area contributed by atoms with Crippen molar-refractivity contribution in [1.29, 1.82) is 0 Å². The van der Waals surface area contributed by atoms with Crippen LogP contribution in [0.15, 0.2) is 0 Å². The molecule has 0 saturated heterocycles. The average Bonchev–Trinajstić information content (AvgIpc) is 2.09. The highest BCUT2D eigenvalue weighted by Gasteiger charge is 2.18. The second-order valence-electron chi connectivity index (χ2n) is 3.38. The van der Waals surface area contributed by atoms with Gasteiger partial charge in [-0.2, -0.15) is 0 Å². The van der Waals surface area contributed by atoms with E-state index in [4.69, 9.17) is 0 Å². The SMILES string of the molecule is CC(=O)N(CCN(C(C)=O)C(C)=O)C(C)=O.O. The molecule has 0 aliphatic heterocycles. The van der Waals surface area contributed by atoms with E-state index in [-0.39, 0.29) is 18.6 Å². The molecule has 0 aromatic heterocycles. The van der Waals surface area contributed by atoms with Crippen molar-refractivity contribution < 1.29 is 24.7 Å². The van der Waals surface area contributed by atoms with E-state index in [0.29, 0.717) is 0 Å². The van der Waals surface area contributed by atoms with E-state index in [2.05, 4.69) is 0 Å². The van der Waals surface area contributed by atoms with Crippen molar-refractivity contribution in [2.45, 2.75) is 27.7 Å². The molecule has 0 fully saturated rings. The van der Waals surface area contributed by atoms with E-state index in [1.54, 1.807) is 0 Å². The molecule has 98 valence electrons. The molecule has 0 aliphatic carbocycles. The summed E-state index contributed by atoms with van der Waals surface area (Å²) in [5, 5.41) is 0. The van der Waals surface area contributed by atoms with Crippen LogP contribution in [-0.2, 0) is 19.2 Å². The number of hydrogen-bond donors (Lipinski definition) is 0. The Kier molecular flexibility index (Phi) is 7.78. The minimum absolute atomic E-state index is 0. The summed E-state index contributed by atoms with van der Waals surface area (Å²) < 4.78 is 0. The Morgan fingerprint density at radius 1 is 0.647 bits per heavy atom. The molecule has 7 heteroatoms. The Hall–Kier alpha value is -1.76. The second kappa shape index (κ2) is 7.50. The van der Waals surface area contributed by atoms with Crippen LogP contribution >= 0.6 is 0 Å². The minimum Gasteiger partial charge on any atom is -0.412 e. The van der Waals surface area contributed by atoms with Crippen molar-refractivity contribution in [1.82, 2.24) is 9.80 Å². The summed E-state index contributed by atoms with van der Waals surface area (Å²) in [6, 6.07) is 0. The fraction of sp³-hybridized carbons (Fsp3) is 0.600. The van der Waals surface area contributed by atoms with Crippen molar-refractivity contribution in [3.8, 4) is 0 Å². The number of carbonyl (C=O) groups excluding carboxylic acids is 4. The van der Waals surface area contributed by atoms with Gasteiger partial charge in [0.1, 0.15) is 0 Å². The van der Waals surface area contributed by atoms with Gasteiger partial charge in [0.15, 0.2) is 0 Å². The van der Waals surface area contributed by atoms with E-state index < -0.39 is 23.6 Å². The van der Waals surface area contributed by atoms with Crippen LogP contribution in [-0.4, -0.2) is 52.0 Å². The Balaban J connectivity index is 0. The van der Waals surface area contributed by atoms with E-state index in [1.807, 2.05) is 0 Å².